The summed E-state index contributed by atoms with van der Waals surface area (Å²) in [5.74, 6) is 2.14. The first-order valence-corrected chi connectivity index (χ1v) is 15.4. The van der Waals surface area contributed by atoms with Gasteiger partial charge in [0.15, 0.2) is 0 Å². The van der Waals surface area contributed by atoms with E-state index in [9.17, 15) is 9.59 Å². The van der Waals surface area contributed by atoms with Gasteiger partial charge in [-0.1, -0.05) is 36.4 Å². The van der Waals surface area contributed by atoms with Crippen LogP contribution in [0.4, 0.5) is 0 Å². The third kappa shape index (κ3) is 7.26. The van der Waals surface area contributed by atoms with Crippen molar-refractivity contribution in [3.8, 4) is 34.1 Å². The first-order chi connectivity index (χ1) is 22.4. The fourth-order valence-electron chi connectivity index (χ4n) is 5.74. The molecule has 4 aromatic rings. The number of methoxy groups -OCH3 is 3. The highest BCUT2D eigenvalue weighted by atomic mass is 16.5. The molecule has 0 aromatic heterocycles. The molecule has 1 aliphatic rings. The molecule has 3 N–H and O–H groups in total. The van der Waals surface area contributed by atoms with E-state index >= 15 is 0 Å². The van der Waals surface area contributed by atoms with Crippen LogP contribution >= 0.6 is 0 Å². The number of ether oxygens (including phenoxy) is 4. The van der Waals surface area contributed by atoms with Gasteiger partial charge in [-0.05, 0) is 98.1 Å². The number of benzene rings is 4. The Kier molecular flexibility index (Phi) is 10.4. The van der Waals surface area contributed by atoms with E-state index in [4.69, 9.17) is 18.9 Å². The third-order valence-electron chi connectivity index (χ3n) is 8.37. The standard InChI is InChI=1S/C37H41N3O6/c1-5-46-30-16-12-27(13-17-30)34(32-19-18-31(44-3)24-33(32)45-4)39-36(42)37(20-22-38-23-21-37)40-35(41)28-8-6-25(7-9-28)26-10-14-29(43-2)15-11-26/h6-19,24,34,38H,5,20-23H2,1-4H3,(H,39,42)(H,40,41). The van der Waals surface area contributed by atoms with Gasteiger partial charge in [0.25, 0.3) is 5.91 Å². The lowest BCUT2D eigenvalue weighted by atomic mass is 9.85. The second kappa shape index (κ2) is 14.8. The van der Waals surface area contributed by atoms with E-state index in [-0.39, 0.29) is 11.8 Å². The van der Waals surface area contributed by atoms with Crippen molar-refractivity contribution in [1.82, 2.24) is 16.0 Å². The Labute approximate surface area is 270 Å². The summed E-state index contributed by atoms with van der Waals surface area (Å²) >= 11 is 0. The molecule has 9 heteroatoms. The predicted octanol–water partition coefficient (Wildman–Crippen LogP) is 5.54. The average molecular weight is 624 g/mol. The molecule has 5 rings (SSSR count). The minimum absolute atomic E-state index is 0.269. The summed E-state index contributed by atoms with van der Waals surface area (Å²) in [5.41, 5.74) is 2.93. The number of amides is 2. The Balaban J connectivity index is 1.42. The van der Waals surface area contributed by atoms with Crippen molar-refractivity contribution in [3.05, 3.63) is 108 Å². The Bertz CT molecular complexity index is 1610. The highest BCUT2D eigenvalue weighted by molar-refractivity contribution is 6.00. The lowest BCUT2D eigenvalue weighted by molar-refractivity contribution is -0.129. The number of hydrogen-bond acceptors (Lipinski definition) is 7. The molecular formula is C37H41N3O6. The van der Waals surface area contributed by atoms with Crippen molar-refractivity contribution in [2.75, 3.05) is 41.0 Å². The Morgan fingerprint density at radius 1 is 0.761 bits per heavy atom. The van der Waals surface area contributed by atoms with E-state index in [0.29, 0.717) is 49.6 Å². The molecule has 1 fully saturated rings. The van der Waals surface area contributed by atoms with Gasteiger partial charge < -0.3 is 34.9 Å². The Hall–Kier alpha value is -5.02. The summed E-state index contributed by atoms with van der Waals surface area (Å²) in [5, 5.41) is 9.71. The molecule has 46 heavy (non-hydrogen) atoms. The summed E-state index contributed by atoms with van der Waals surface area (Å²) < 4.78 is 22.1. The Morgan fingerprint density at radius 2 is 1.35 bits per heavy atom. The first-order valence-electron chi connectivity index (χ1n) is 15.4. The quantitative estimate of drug-likeness (QED) is 0.190. The van der Waals surface area contributed by atoms with Crippen LogP contribution in [0.2, 0.25) is 0 Å². The Morgan fingerprint density at radius 3 is 1.93 bits per heavy atom. The van der Waals surface area contributed by atoms with Gasteiger partial charge >= 0.3 is 0 Å². The molecule has 0 radical (unpaired) electrons. The fourth-order valence-corrected chi connectivity index (χ4v) is 5.74. The summed E-state index contributed by atoms with van der Waals surface area (Å²) in [7, 11) is 4.81. The van der Waals surface area contributed by atoms with E-state index in [2.05, 4.69) is 16.0 Å². The zero-order valence-electron chi connectivity index (χ0n) is 26.7. The lowest BCUT2D eigenvalue weighted by Gasteiger charge is -2.38. The van der Waals surface area contributed by atoms with Crippen LogP contribution in [0.25, 0.3) is 11.1 Å². The summed E-state index contributed by atoms with van der Waals surface area (Å²) in [6.07, 6.45) is 0.870. The van der Waals surface area contributed by atoms with Gasteiger partial charge in [-0.25, -0.2) is 0 Å². The van der Waals surface area contributed by atoms with Gasteiger partial charge in [0.2, 0.25) is 5.91 Å². The zero-order valence-corrected chi connectivity index (χ0v) is 26.7. The largest absolute Gasteiger partial charge is 0.497 e. The van der Waals surface area contributed by atoms with Gasteiger partial charge in [0.05, 0.1) is 34.0 Å². The molecular weight excluding hydrogens is 582 g/mol. The monoisotopic (exact) mass is 623 g/mol. The van der Waals surface area contributed by atoms with Gasteiger partial charge in [-0.3, -0.25) is 9.59 Å². The second-order valence-electron chi connectivity index (χ2n) is 11.1. The molecule has 9 nitrogen and oxygen atoms in total. The fraction of sp³-hybridized carbons (Fsp3) is 0.297. The summed E-state index contributed by atoms with van der Waals surface area (Å²) in [6, 6.07) is 27.7. The van der Waals surface area contributed by atoms with Crippen molar-refractivity contribution in [2.24, 2.45) is 0 Å². The number of carbonyl (C=O) groups is 2. The van der Waals surface area contributed by atoms with Crippen LogP contribution in [0, 0.1) is 0 Å². The van der Waals surface area contributed by atoms with Crippen molar-refractivity contribution >= 4 is 11.8 Å². The van der Waals surface area contributed by atoms with E-state index in [1.807, 2.05) is 79.7 Å². The van der Waals surface area contributed by atoms with Gasteiger partial charge in [-0.15, -0.1) is 0 Å². The van der Waals surface area contributed by atoms with E-state index in [0.717, 1.165) is 33.8 Å². The van der Waals surface area contributed by atoms with E-state index < -0.39 is 11.6 Å². The molecule has 2 amide bonds. The van der Waals surface area contributed by atoms with Crippen LogP contribution in [0.1, 0.15) is 47.3 Å². The second-order valence-corrected chi connectivity index (χ2v) is 11.1. The smallest absolute Gasteiger partial charge is 0.252 e. The average Bonchev–Trinajstić information content (AvgIpc) is 3.11. The van der Waals surface area contributed by atoms with Crippen molar-refractivity contribution in [1.29, 1.82) is 0 Å². The third-order valence-corrected chi connectivity index (χ3v) is 8.37. The minimum Gasteiger partial charge on any atom is -0.497 e. The molecule has 0 saturated carbocycles. The molecule has 1 unspecified atom stereocenters. The molecule has 240 valence electrons. The summed E-state index contributed by atoms with van der Waals surface area (Å²) in [4.78, 5) is 28.0. The first kappa shape index (κ1) is 32.4. The van der Waals surface area contributed by atoms with Crippen molar-refractivity contribution in [3.63, 3.8) is 0 Å². The SMILES string of the molecule is CCOc1ccc(C(NC(=O)C2(NC(=O)c3ccc(-c4ccc(OC)cc4)cc3)CCNCC2)c2ccc(OC)cc2OC)cc1. The highest BCUT2D eigenvalue weighted by Crippen LogP contribution is 2.35. The molecule has 1 atom stereocenters. The van der Waals surface area contributed by atoms with Crippen LogP contribution in [0.3, 0.4) is 0 Å². The number of carbonyl (C=O) groups excluding carboxylic acids is 2. The molecule has 0 spiro atoms. The molecule has 0 bridgehead atoms. The lowest BCUT2D eigenvalue weighted by Crippen LogP contribution is -2.63. The molecule has 1 heterocycles. The van der Waals surface area contributed by atoms with Crippen LogP contribution < -0.4 is 34.9 Å². The van der Waals surface area contributed by atoms with Crippen LogP contribution in [-0.4, -0.2) is 58.4 Å². The van der Waals surface area contributed by atoms with Gasteiger partial charge in [0.1, 0.15) is 28.5 Å². The van der Waals surface area contributed by atoms with Crippen molar-refractivity contribution < 1.29 is 28.5 Å². The number of piperidine rings is 1. The molecule has 1 aliphatic heterocycles. The van der Waals surface area contributed by atoms with Crippen LogP contribution in [-0.2, 0) is 4.79 Å². The number of nitrogens with one attached hydrogen (secondary N) is 3. The number of hydrogen-bond donors (Lipinski definition) is 3. The molecule has 4 aromatic carbocycles. The maximum Gasteiger partial charge on any atom is 0.252 e. The molecule has 1 saturated heterocycles. The zero-order chi connectivity index (χ0) is 32.5. The predicted molar refractivity (Wildman–Crippen MR) is 178 cm³/mol. The maximum absolute atomic E-state index is 14.4. The maximum atomic E-state index is 14.4. The molecule has 0 aliphatic carbocycles. The van der Waals surface area contributed by atoms with E-state index in [1.165, 1.54) is 0 Å². The normalized spacial score (nSPS) is 14.4. The van der Waals surface area contributed by atoms with Crippen LogP contribution in [0.15, 0.2) is 91.0 Å². The minimum atomic E-state index is -1.12. The summed E-state index contributed by atoms with van der Waals surface area (Å²) in [6.45, 7) is 3.65. The van der Waals surface area contributed by atoms with Gasteiger partial charge in [0, 0.05) is 17.2 Å². The highest BCUT2D eigenvalue weighted by Gasteiger charge is 2.42. The van der Waals surface area contributed by atoms with E-state index in [1.54, 1.807) is 39.5 Å². The number of rotatable bonds is 12. The van der Waals surface area contributed by atoms with Crippen LogP contribution in [0.5, 0.6) is 23.0 Å². The topological polar surface area (TPSA) is 107 Å². The van der Waals surface area contributed by atoms with Crippen molar-refractivity contribution in [2.45, 2.75) is 31.3 Å². The van der Waals surface area contributed by atoms with Gasteiger partial charge in [-0.2, -0.15) is 0 Å².